The fourth-order valence-corrected chi connectivity index (χ4v) is 6.29. The summed E-state index contributed by atoms with van der Waals surface area (Å²) in [6.45, 7) is 4.60. The number of phosphoric acid groups is 1. The number of hydrogen-bond donors (Lipinski definition) is 2. The summed E-state index contributed by atoms with van der Waals surface area (Å²) < 4.78 is 23.0. The lowest BCUT2D eigenvalue weighted by molar-refractivity contribution is -0.870. The van der Waals surface area contributed by atoms with Gasteiger partial charge in [-0.1, -0.05) is 161 Å². The van der Waals surface area contributed by atoms with Crippen molar-refractivity contribution in [1.82, 2.24) is 5.32 Å². The molecule has 2 N–H and O–H groups in total. The molecule has 47 heavy (non-hydrogen) atoms. The van der Waals surface area contributed by atoms with Crippen LogP contribution in [0.3, 0.4) is 0 Å². The number of carbonyl (C=O) groups excluding carboxylic acids is 1. The number of nitrogens with one attached hydrogen (secondary N) is 1. The maximum absolute atomic E-state index is 12.7. The molecule has 8 nitrogen and oxygen atoms in total. The molecule has 0 aromatic heterocycles. The van der Waals surface area contributed by atoms with Crippen LogP contribution in [0.5, 0.6) is 0 Å². The summed E-state index contributed by atoms with van der Waals surface area (Å²) in [6, 6.07) is -0.877. The van der Waals surface area contributed by atoms with Crippen molar-refractivity contribution in [3.63, 3.8) is 0 Å². The second-order valence-corrected chi connectivity index (χ2v) is 16.1. The van der Waals surface area contributed by atoms with E-state index in [1.165, 1.54) is 116 Å². The van der Waals surface area contributed by atoms with Crippen molar-refractivity contribution in [2.45, 2.75) is 187 Å². The molecule has 0 radical (unpaired) electrons. The van der Waals surface area contributed by atoms with Gasteiger partial charge in [-0.05, 0) is 19.3 Å². The largest absolute Gasteiger partial charge is 0.756 e. The van der Waals surface area contributed by atoms with Gasteiger partial charge in [0.15, 0.2) is 0 Å². The summed E-state index contributed by atoms with van der Waals surface area (Å²) >= 11 is 0. The predicted molar refractivity (Wildman–Crippen MR) is 196 cm³/mol. The van der Waals surface area contributed by atoms with Crippen LogP contribution >= 0.6 is 7.82 Å². The van der Waals surface area contributed by atoms with Crippen LogP contribution in [-0.4, -0.2) is 68.5 Å². The van der Waals surface area contributed by atoms with Gasteiger partial charge in [-0.2, -0.15) is 0 Å². The first-order valence-electron chi connectivity index (χ1n) is 19.6. The lowest BCUT2D eigenvalue weighted by Crippen LogP contribution is -2.45. The van der Waals surface area contributed by atoms with Crippen molar-refractivity contribution in [1.29, 1.82) is 0 Å². The summed E-state index contributed by atoms with van der Waals surface area (Å²) in [6.07, 6.45) is 32.6. The molecule has 0 bridgehead atoms. The number of likely N-dealkylation sites (N-methyl/N-ethyl adjacent to an activating group) is 1. The van der Waals surface area contributed by atoms with Crippen LogP contribution in [0.25, 0.3) is 0 Å². The number of amides is 1. The van der Waals surface area contributed by atoms with Gasteiger partial charge in [-0.15, -0.1) is 0 Å². The van der Waals surface area contributed by atoms with Crippen molar-refractivity contribution in [3.8, 4) is 0 Å². The highest BCUT2D eigenvalue weighted by Gasteiger charge is 2.23. The Morgan fingerprint density at radius 1 is 0.723 bits per heavy atom. The first kappa shape index (κ1) is 46.2. The molecular weight excluding hydrogens is 611 g/mol. The van der Waals surface area contributed by atoms with E-state index in [0.717, 1.165) is 38.5 Å². The molecular formula is C38H77N2O6P. The molecule has 0 aliphatic carbocycles. The normalized spacial score (nSPS) is 14.8. The van der Waals surface area contributed by atoms with E-state index >= 15 is 0 Å². The smallest absolute Gasteiger partial charge is 0.268 e. The van der Waals surface area contributed by atoms with Gasteiger partial charge in [0.1, 0.15) is 13.2 Å². The molecule has 0 aliphatic heterocycles. The molecule has 0 spiro atoms. The Morgan fingerprint density at radius 3 is 1.60 bits per heavy atom. The van der Waals surface area contributed by atoms with Crippen molar-refractivity contribution < 1.29 is 32.9 Å². The summed E-state index contributed by atoms with van der Waals surface area (Å²) in [5.41, 5.74) is 0. The summed E-state index contributed by atoms with van der Waals surface area (Å²) in [5.74, 6) is -0.203. The van der Waals surface area contributed by atoms with Gasteiger partial charge < -0.3 is 28.8 Å². The molecule has 1 amide bonds. The van der Waals surface area contributed by atoms with Crippen LogP contribution in [0.4, 0.5) is 0 Å². The Balaban J connectivity index is 4.43. The van der Waals surface area contributed by atoms with E-state index in [4.69, 9.17) is 9.05 Å². The van der Waals surface area contributed by atoms with E-state index in [9.17, 15) is 19.4 Å². The summed E-state index contributed by atoms with van der Waals surface area (Å²) in [7, 11) is 1.26. The van der Waals surface area contributed by atoms with Crippen LogP contribution < -0.4 is 10.2 Å². The number of allylic oxidation sites excluding steroid dienone is 1. The number of unbranched alkanes of at least 4 members (excludes halogenated alkanes) is 22. The Labute approximate surface area is 291 Å². The summed E-state index contributed by atoms with van der Waals surface area (Å²) in [4.78, 5) is 25.0. The number of aliphatic hydroxyl groups is 1. The number of nitrogens with zero attached hydrogens (tertiary/aromatic N) is 1. The lowest BCUT2D eigenvalue weighted by atomic mass is 10.0. The third-order valence-corrected chi connectivity index (χ3v) is 9.71. The molecule has 0 aliphatic rings. The molecule has 280 valence electrons. The number of rotatable bonds is 35. The van der Waals surface area contributed by atoms with Gasteiger partial charge in [0.05, 0.1) is 39.9 Å². The summed E-state index contributed by atoms with van der Waals surface area (Å²) in [5, 5.41) is 13.7. The van der Waals surface area contributed by atoms with Crippen LogP contribution in [-0.2, 0) is 18.4 Å². The minimum atomic E-state index is -4.57. The van der Waals surface area contributed by atoms with Crippen LogP contribution in [0.15, 0.2) is 12.2 Å². The fraction of sp³-hybridized carbons (Fsp3) is 0.921. The molecule has 0 aromatic carbocycles. The molecule has 3 unspecified atom stereocenters. The van der Waals surface area contributed by atoms with Gasteiger partial charge >= 0.3 is 0 Å². The van der Waals surface area contributed by atoms with Crippen molar-refractivity contribution in [2.24, 2.45) is 0 Å². The molecule has 0 aromatic rings. The Kier molecular flexibility index (Phi) is 30.7. The molecule has 0 fully saturated rings. The molecule has 3 atom stereocenters. The van der Waals surface area contributed by atoms with Crippen molar-refractivity contribution >= 4 is 13.7 Å². The monoisotopic (exact) mass is 689 g/mol. The average Bonchev–Trinajstić information content (AvgIpc) is 3.01. The molecule has 0 saturated carbocycles. The average molecular weight is 689 g/mol. The topological polar surface area (TPSA) is 108 Å². The highest BCUT2D eigenvalue weighted by molar-refractivity contribution is 7.45. The minimum Gasteiger partial charge on any atom is -0.756 e. The van der Waals surface area contributed by atoms with Gasteiger partial charge in [0.2, 0.25) is 5.91 Å². The van der Waals surface area contributed by atoms with Crippen molar-refractivity contribution in [3.05, 3.63) is 12.2 Å². The third-order valence-electron chi connectivity index (χ3n) is 8.75. The lowest BCUT2D eigenvalue weighted by Gasteiger charge is -2.29. The zero-order valence-corrected chi connectivity index (χ0v) is 32.4. The quantitative estimate of drug-likeness (QED) is 0.0297. The minimum absolute atomic E-state index is 0.00145. The van der Waals surface area contributed by atoms with E-state index in [0.29, 0.717) is 17.4 Å². The maximum atomic E-state index is 12.7. The van der Waals surface area contributed by atoms with E-state index in [1.807, 2.05) is 27.2 Å². The number of quaternary nitrogens is 1. The molecule has 0 rings (SSSR count). The zero-order chi connectivity index (χ0) is 35.1. The van der Waals surface area contributed by atoms with Gasteiger partial charge in [0, 0.05) is 6.42 Å². The molecule has 0 saturated heterocycles. The molecule has 0 heterocycles. The standard InChI is InChI=1S/C38H77N2O6P/c1-6-8-10-12-14-16-17-18-19-20-21-22-23-24-25-27-29-31-37(41)36(35-46-47(43,44)45-34-33-40(3,4)5)39-38(42)32-30-28-26-15-13-11-9-7-2/h29,31,36-37,41H,6-28,30,32-35H2,1-5H3,(H-,39,42,43,44)/b31-29+. The first-order valence-corrected chi connectivity index (χ1v) is 21.0. The predicted octanol–water partition coefficient (Wildman–Crippen LogP) is 9.39. The van der Waals surface area contributed by atoms with E-state index in [2.05, 4.69) is 19.2 Å². The van der Waals surface area contributed by atoms with Crippen LogP contribution in [0.1, 0.15) is 174 Å². The third kappa shape index (κ3) is 33.5. The van der Waals surface area contributed by atoms with E-state index in [1.54, 1.807) is 6.08 Å². The second-order valence-electron chi connectivity index (χ2n) is 14.6. The highest BCUT2D eigenvalue weighted by atomic mass is 31.2. The number of carbonyl (C=O) groups is 1. The Bertz CT molecular complexity index is 789. The van der Waals surface area contributed by atoms with Crippen LogP contribution in [0, 0.1) is 0 Å². The fourth-order valence-electron chi connectivity index (χ4n) is 5.56. The second kappa shape index (κ2) is 31.2. The first-order chi connectivity index (χ1) is 22.5. The highest BCUT2D eigenvalue weighted by Crippen LogP contribution is 2.38. The van der Waals surface area contributed by atoms with E-state index < -0.39 is 20.0 Å². The van der Waals surface area contributed by atoms with Crippen LogP contribution in [0.2, 0.25) is 0 Å². The van der Waals surface area contributed by atoms with Gasteiger partial charge in [-0.25, -0.2) is 0 Å². The maximum Gasteiger partial charge on any atom is 0.268 e. The number of aliphatic hydroxyl groups excluding tert-OH is 1. The Morgan fingerprint density at radius 2 is 1.15 bits per heavy atom. The van der Waals surface area contributed by atoms with E-state index in [-0.39, 0.29) is 19.1 Å². The number of hydrogen-bond acceptors (Lipinski definition) is 6. The zero-order valence-electron chi connectivity index (χ0n) is 31.5. The SMILES string of the molecule is CCCCCCCCCCCCCCCCC/C=C/C(O)C(COP(=O)([O-])OCC[N+](C)(C)C)NC(=O)CCCCCCCCCC. The Hall–Kier alpha value is -0.760. The molecule has 9 heteroatoms. The van der Waals surface area contributed by atoms with Gasteiger partial charge in [-0.3, -0.25) is 9.36 Å². The van der Waals surface area contributed by atoms with Gasteiger partial charge in [0.25, 0.3) is 7.82 Å². The van der Waals surface area contributed by atoms with Crippen molar-refractivity contribution in [2.75, 3.05) is 40.9 Å². The number of phosphoric ester groups is 1.